The number of esters is 2. The van der Waals surface area contributed by atoms with Gasteiger partial charge in [-0.15, -0.1) is 0 Å². The Morgan fingerprint density at radius 1 is 1.12 bits per heavy atom. The summed E-state index contributed by atoms with van der Waals surface area (Å²) < 4.78 is 45.7. The van der Waals surface area contributed by atoms with E-state index in [1.54, 1.807) is 0 Å². The van der Waals surface area contributed by atoms with E-state index in [0.29, 0.717) is 0 Å². The second-order valence-electron chi connectivity index (χ2n) is 3.65. The van der Waals surface area contributed by atoms with Crippen molar-refractivity contribution in [3.63, 3.8) is 0 Å². The van der Waals surface area contributed by atoms with Gasteiger partial charge in [0.2, 0.25) is 5.76 Å². The van der Waals surface area contributed by atoms with Gasteiger partial charge in [-0.3, -0.25) is 9.59 Å². The quantitative estimate of drug-likeness (QED) is 0.565. The maximum absolute atomic E-state index is 12.3. The predicted molar refractivity (Wildman–Crippen MR) is 46.8 cm³/mol. The second kappa shape index (κ2) is 3.90. The first-order chi connectivity index (χ1) is 7.86. The molecule has 0 bridgehead atoms. The Balaban J connectivity index is 2.20. The Bertz CT molecular complexity index is 444. The van der Waals surface area contributed by atoms with E-state index in [1.807, 2.05) is 0 Å². The molecule has 1 aliphatic heterocycles. The summed E-state index contributed by atoms with van der Waals surface area (Å²) in [6, 6.07) is 1.90. The summed E-state index contributed by atoms with van der Waals surface area (Å²) in [5, 5.41) is 0. The van der Waals surface area contributed by atoms with Gasteiger partial charge in [0.05, 0.1) is 12.8 Å². The molecule has 0 aliphatic carbocycles. The molecule has 1 saturated heterocycles. The van der Waals surface area contributed by atoms with Crippen LogP contribution in [0.15, 0.2) is 16.5 Å². The van der Waals surface area contributed by atoms with Crippen molar-refractivity contribution >= 4 is 11.9 Å². The molecular formula is C10H7F3O4. The third-order valence-electron chi connectivity index (χ3n) is 2.36. The van der Waals surface area contributed by atoms with E-state index in [0.717, 1.165) is 12.1 Å². The molecule has 1 aromatic heterocycles. The molecule has 1 aliphatic rings. The molecule has 17 heavy (non-hydrogen) atoms. The van der Waals surface area contributed by atoms with Gasteiger partial charge in [-0.1, -0.05) is 0 Å². The molecule has 0 unspecified atom stereocenters. The largest absolute Gasteiger partial charge is 0.456 e. The van der Waals surface area contributed by atoms with E-state index in [4.69, 9.17) is 0 Å². The standard InChI is InChI=1S/C10H7F3O4/c11-10(12,13)7-2-1-6(16-7)5-3-8(14)17-9(15)4-5/h1-2,5H,3-4H2. The zero-order valence-electron chi connectivity index (χ0n) is 8.41. The number of hydrogen-bond acceptors (Lipinski definition) is 4. The van der Waals surface area contributed by atoms with Crippen LogP contribution >= 0.6 is 0 Å². The van der Waals surface area contributed by atoms with E-state index < -0.39 is 29.8 Å². The van der Waals surface area contributed by atoms with Crippen molar-refractivity contribution in [2.45, 2.75) is 24.9 Å². The van der Waals surface area contributed by atoms with Crippen molar-refractivity contribution < 1.29 is 31.9 Å². The van der Waals surface area contributed by atoms with Gasteiger partial charge in [-0.2, -0.15) is 13.2 Å². The molecule has 7 heteroatoms. The molecule has 0 atom stereocenters. The van der Waals surface area contributed by atoms with E-state index in [9.17, 15) is 22.8 Å². The Morgan fingerprint density at radius 3 is 2.18 bits per heavy atom. The van der Waals surface area contributed by atoms with E-state index >= 15 is 0 Å². The molecule has 1 fully saturated rings. The highest BCUT2D eigenvalue weighted by Crippen LogP contribution is 2.35. The van der Waals surface area contributed by atoms with Crippen molar-refractivity contribution in [2.75, 3.05) is 0 Å². The van der Waals surface area contributed by atoms with Crippen LogP contribution < -0.4 is 0 Å². The van der Waals surface area contributed by atoms with Crippen molar-refractivity contribution in [1.29, 1.82) is 0 Å². The number of furan rings is 1. The molecule has 2 rings (SSSR count). The average molecular weight is 248 g/mol. The lowest BCUT2D eigenvalue weighted by atomic mass is 9.97. The first-order valence-electron chi connectivity index (χ1n) is 4.76. The fraction of sp³-hybridized carbons (Fsp3) is 0.400. The molecule has 0 aromatic carbocycles. The van der Waals surface area contributed by atoms with Crippen LogP contribution in [-0.4, -0.2) is 11.9 Å². The maximum atomic E-state index is 12.3. The topological polar surface area (TPSA) is 56.5 Å². The Hall–Kier alpha value is -1.79. The normalized spacial score (nSPS) is 18.3. The van der Waals surface area contributed by atoms with Crippen LogP contribution in [0.4, 0.5) is 13.2 Å². The Morgan fingerprint density at radius 2 is 1.71 bits per heavy atom. The monoisotopic (exact) mass is 248 g/mol. The molecule has 0 amide bonds. The van der Waals surface area contributed by atoms with E-state index in [1.165, 1.54) is 0 Å². The summed E-state index contributed by atoms with van der Waals surface area (Å²) in [7, 11) is 0. The lowest BCUT2D eigenvalue weighted by molar-refractivity contribution is -0.164. The van der Waals surface area contributed by atoms with Crippen LogP contribution in [0.25, 0.3) is 0 Å². The molecule has 0 radical (unpaired) electrons. The van der Waals surface area contributed by atoms with Crippen LogP contribution in [0.5, 0.6) is 0 Å². The zero-order valence-corrected chi connectivity index (χ0v) is 8.41. The SMILES string of the molecule is O=C1CC(c2ccc(C(F)(F)F)o2)CC(=O)O1. The van der Waals surface area contributed by atoms with Gasteiger partial charge in [0.1, 0.15) is 5.76 Å². The average Bonchev–Trinajstić information content (AvgIpc) is 2.63. The summed E-state index contributed by atoms with van der Waals surface area (Å²) >= 11 is 0. The van der Waals surface area contributed by atoms with Gasteiger partial charge < -0.3 is 9.15 Å². The summed E-state index contributed by atoms with van der Waals surface area (Å²) in [5.74, 6) is -3.35. The van der Waals surface area contributed by atoms with Crippen LogP contribution in [0.2, 0.25) is 0 Å². The van der Waals surface area contributed by atoms with Gasteiger partial charge >= 0.3 is 18.1 Å². The minimum absolute atomic E-state index is 0.0256. The van der Waals surface area contributed by atoms with Gasteiger partial charge in [0.25, 0.3) is 0 Å². The number of carbonyl (C=O) groups excluding carboxylic acids is 2. The summed E-state index contributed by atoms with van der Waals surface area (Å²) in [6.45, 7) is 0. The van der Waals surface area contributed by atoms with Crippen LogP contribution in [-0.2, 0) is 20.5 Å². The summed E-state index contributed by atoms with van der Waals surface area (Å²) in [5.41, 5.74) is 0. The van der Waals surface area contributed by atoms with Crippen molar-refractivity contribution in [3.05, 3.63) is 23.7 Å². The highest BCUT2D eigenvalue weighted by atomic mass is 19.4. The molecule has 92 valence electrons. The molecular weight excluding hydrogens is 241 g/mol. The van der Waals surface area contributed by atoms with Gasteiger partial charge in [-0.25, -0.2) is 0 Å². The van der Waals surface area contributed by atoms with E-state index in [2.05, 4.69) is 9.15 Å². The number of halogens is 3. The minimum Gasteiger partial charge on any atom is -0.456 e. The van der Waals surface area contributed by atoms with Gasteiger partial charge in [0.15, 0.2) is 0 Å². The lowest BCUT2D eigenvalue weighted by Gasteiger charge is -2.17. The maximum Gasteiger partial charge on any atom is 0.449 e. The number of rotatable bonds is 1. The molecule has 4 nitrogen and oxygen atoms in total. The van der Waals surface area contributed by atoms with Crippen LogP contribution in [0.1, 0.15) is 30.3 Å². The van der Waals surface area contributed by atoms with Crippen LogP contribution in [0, 0.1) is 0 Å². The van der Waals surface area contributed by atoms with Crippen LogP contribution in [0.3, 0.4) is 0 Å². The fourth-order valence-corrected chi connectivity index (χ4v) is 1.61. The van der Waals surface area contributed by atoms with Crippen molar-refractivity contribution in [1.82, 2.24) is 0 Å². The minimum atomic E-state index is -4.57. The fourth-order valence-electron chi connectivity index (χ4n) is 1.61. The highest BCUT2D eigenvalue weighted by Gasteiger charge is 2.37. The molecule has 0 saturated carbocycles. The Kier molecular flexibility index (Phi) is 2.68. The third-order valence-corrected chi connectivity index (χ3v) is 2.36. The number of ether oxygens (including phenoxy) is 1. The number of carbonyl (C=O) groups is 2. The number of cyclic esters (lactones) is 2. The molecule has 0 N–H and O–H groups in total. The highest BCUT2D eigenvalue weighted by molar-refractivity contribution is 5.89. The van der Waals surface area contributed by atoms with Crippen molar-refractivity contribution in [2.24, 2.45) is 0 Å². The van der Waals surface area contributed by atoms with Crippen molar-refractivity contribution in [3.8, 4) is 0 Å². The molecule has 1 aromatic rings. The third kappa shape index (κ3) is 2.48. The van der Waals surface area contributed by atoms with Gasteiger partial charge in [-0.05, 0) is 12.1 Å². The number of alkyl halides is 3. The first-order valence-corrected chi connectivity index (χ1v) is 4.76. The lowest BCUT2D eigenvalue weighted by Crippen LogP contribution is -2.23. The van der Waals surface area contributed by atoms with Gasteiger partial charge in [0, 0.05) is 5.92 Å². The second-order valence-corrected chi connectivity index (χ2v) is 3.65. The molecule has 2 heterocycles. The molecule has 0 spiro atoms. The Labute approximate surface area is 93.3 Å². The predicted octanol–water partition coefficient (Wildman–Crippen LogP) is 2.25. The number of hydrogen-bond donors (Lipinski definition) is 0. The first kappa shape index (κ1) is 11.7. The smallest absolute Gasteiger partial charge is 0.449 e. The summed E-state index contributed by atoms with van der Waals surface area (Å²) in [4.78, 5) is 21.9. The zero-order chi connectivity index (χ0) is 12.6. The van der Waals surface area contributed by atoms with E-state index in [-0.39, 0.29) is 18.6 Å². The summed E-state index contributed by atoms with van der Waals surface area (Å²) in [6.07, 6.45) is -4.88.